The van der Waals surface area contributed by atoms with Crippen LogP contribution in [0.25, 0.3) is 11.0 Å². The van der Waals surface area contributed by atoms with Crippen LogP contribution in [0.15, 0.2) is 29.9 Å². The number of hydrogen-bond donors (Lipinski definition) is 0. The van der Waals surface area contributed by atoms with E-state index in [1.807, 2.05) is 36.8 Å². The number of aromatic nitrogens is 3. The van der Waals surface area contributed by atoms with Crippen molar-refractivity contribution in [3.63, 3.8) is 0 Å². The molecule has 0 fully saturated rings. The highest BCUT2D eigenvalue weighted by atomic mass is 35.5. The second-order valence-corrected chi connectivity index (χ2v) is 6.09. The van der Waals surface area contributed by atoms with Crippen LogP contribution in [0.3, 0.4) is 0 Å². The largest absolute Gasteiger partial charge is 0.494 e. The SMILES string of the molecule is COc1cccc2c1nc(C(C)Cl)n2Cc1cncs1. The number of para-hydroxylation sites is 1. The highest BCUT2D eigenvalue weighted by Crippen LogP contribution is 2.30. The summed E-state index contributed by atoms with van der Waals surface area (Å²) in [5.74, 6) is 1.61. The molecule has 0 aliphatic heterocycles. The molecule has 3 aromatic rings. The molecule has 104 valence electrons. The maximum absolute atomic E-state index is 6.28. The highest BCUT2D eigenvalue weighted by molar-refractivity contribution is 7.09. The quantitative estimate of drug-likeness (QED) is 0.687. The minimum Gasteiger partial charge on any atom is -0.494 e. The molecule has 1 atom stereocenters. The van der Waals surface area contributed by atoms with E-state index in [-0.39, 0.29) is 5.38 Å². The standard InChI is InChI=1S/C14H14ClN3OS/c1-9(15)14-17-13-11(4-3-5-12(13)19-2)18(14)7-10-6-16-8-20-10/h3-6,8-9H,7H2,1-2H3. The first kappa shape index (κ1) is 13.4. The van der Waals surface area contributed by atoms with Gasteiger partial charge in [-0.05, 0) is 19.1 Å². The van der Waals surface area contributed by atoms with Gasteiger partial charge in [0.05, 0.1) is 30.1 Å². The predicted molar refractivity (Wildman–Crippen MR) is 81.8 cm³/mol. The van der Waals surface area contributed by atoms with Crippen LogP contribution in [0.4, 0.5) is 0 Å². The molecule has 2 heterocycles. The monoisotopic (exact) mass is 307 g/mol. The summed E-state index contributed by atoms with van der Waals surface area (Å²) in [6.45, 7) is 2.65. The number of alkyl halides is 1. The van der Waals surface area contributed by atoms with E-state index in [4.69, 9.17) is 16.3 Å². The van der Waals surface area contributed by atoms with Crippen LogP contribution >= 0.6 is 22.9 Å². The summed E-state index contributed by atoms with van der Waals surface area (Å²) in [7, 11) is 1.65. The Kier molecular flexibility index (Phi) is 3.63. The van der Waals surface area contributed by atoms with Crippen molar-refractivity contribution in [3.05, 3.63) is 40.6 Å². The summed E-state index contributed by atoms with van der Waals surface area (Å²) in [5, 5.41) is -0.167. The maximum atomic E-state index is 6.28. The third-order valence-electron chi connectivity index (χ3n) is 3.14. The fourth-order valence-electron chi connectivity index (χ4n) is 2.25. The first-order valence-corrected chi connectivity index (χ1v) is 7.57. The van der Waals surface area contributed by atoms with Gasteiger partial charge in [0.1, 0.15) is 17.1 Å². The molecule has 3 rings (SSSR count). The molecule has 0 saturated heterocycles. The molecular weight excluding hydrogens is 294 g/mol. The third-order valence-corrected chi connectivity index (χ3v) is 4.10. The van der Waals surface area contributed by atoms with Gasteiger partial charge in [-0.2, -0.15) is 0 Å². The van der Waals surface area contributed by atoms with Crippen molar-refractivity contribution >= 4 is 34.0 Å². The lowest BCUT2D eigenvalue weighted by molar-refractivity contribution is 0.419. The van der Waals surface area contributed by atoms with E-state index in [9.17, 15) is 0 Å². The van der Waals surface area contributed by atoms with Gasteiger partial charge in [-0.3, -0.25) is 4.98 Å². The van der Waals surface area contributed by atoms with Gasteiger partial charge in [-0.25, -0.2) is 4.98 Å². The molecule has 0 N–H and O–H groups in total. The number of imidazole rings is 1. The molecule has 6 heteroatoms. The number of benzene rings is 1. The van der Waals surface area contributed by atoms with Crippen LogP contribution in [0.1, 0.15) is 23.0 Å². The number of thiazole rings is 1. The molecule has 0 aliphatic carbocycles. The van der Waals surface area contributed by atoms with E-state index in [2.05, 4.69) is 14.5 Å². The summed E-state index contributed by atoms with van der Waals surface area (Å²) in [6, 6.07) is 5.92. The van der Waals surface area contributed by atoms with Crippen LogP contribution in [0.2, 0.25) is 0 Å². The lowest BCUT2D eigenvalue weighted by atomic mass is 10.3. The minimum atomic E-state index is -0.167. The topological polar surface area (TPSA) is 39.9 Å². The Morgan fingerprint density at radius 1 is 1.45 bits per heavy atom. The molecule has 0 amide bonds. The number of rotatable bonds is 4. The Morgan fingerprint density at radius 2 is 2.30 bits per heavy atom. The predicted octanol–water partition coefficient (Wildman–Crippen LogP) is 3.85. The average Bonchev–Trinajstić information content (AvgIpc) is 3.07. The highest BCUT2D eigenvalue weighted by Gasteiger charge is 2.17. The molecule has 4 nitrogen and oxygen atoms in total. The molecule has 20 heavy (non-hydrogen) atoms. The van der Waals surface area contributed by atoms with E-state index < -0.39 is 0 Å². The summed E-state index contributed by atoms with van der Waals surface area (Å²) < 4.78 is 7.51. The average molecular weight is 308 g/mol. The Balaban J connectivity index is 2.19. The van der Waals surface area contributed by atoms with Gasteiger partial charge < -0.3 is 9.30 Å². The van der Waals surface area contributed by atoms with E-state index in [1.165, 1.54) is 4.88 Å². The van der Waals surface area contributed by atoms with Crippen LogP contribution in [0, 0.1) is 0 Å². The van der Waals surface area contributed by atoms with Crippen molar-refractivity contribution in [1.29, 1.82) is 0 Å². The van der Waals surface area contributed by atoms with Gasteiger partial charge in [0, 0.05) is 11.1 Å². The number of methoxy groups -OCH3 is 1. The zero-order valence-electron chi connectivity index (χ0n) is 11.2. The van der Waals surface area contributed by atoms with Crippen LogP contribution in [-0.4, -0.2) is 21.6 Å². The molecule has 0 radical (unpaired) electrons. The molecule has 0 spiro atoms. The number of halogens is 1. The molecule has 1 aromatic carbocycles. The molecule has 0 bridgehead atoms. The fourth-order valence-corrected chi connectivity index (χ4v) is 3.00. The van der Waals surface area contributed by atoms with Crippen LogP contribution in [0.5, 0.6) is 5.75 Å². The Labute approximate surface area is 126 Å². The second-order valence-electron chi connectivity index (χ2n) is 4.47. The molecule has 1 unspecified atom stereocenters. The van der Waals surface area contributed by atoms with Crippen molar-refractivity contribution in [1.82, 2.24) is 14.5 Å². The van der Waals surface area contributed by atoms with E-state index >= 15 is 0 Å². The summed E-state index contributed by atoms with van der Waals surface area (Å²) in [6.07, 6.45) is 1.87. The molecule has 2 aromatic heterocycles. The van der Waals surface area contributed by atoms with Crippen molar-refractivity contribution in [3.8, 4) is 5.75 Å². The Hall–Kier alpha value is -1.59. The third kappa shape index (κ3) is 2.27. The van der Waals surface area contributed by atoms with Gasteiger partial charge in [0.25, 0.3) is 0 Å². The molecule has 0 aliphatic rings. The van der Waals surface area contributed by atoms with Crippen molar-refractivity contribution in [2.45, 2.75) is 18.8 Å². The lowest BCUT2D eigenvalue weighted by Gasteiger charge is -2.09. The Bertz CT molecular complexity index is 721. The first-order valence-electron chi connectivity index (χ1n) is 6.25. The van der Waals surface area contributed by atoms with Crippen LogP contribution in [-0.2, 0) is 6.54 Å². The van der Waals surface area contributed by atoms with Gasteiger partial charge in [0.2, 0.25) is 0 Å². The fraction of sp³-hybridized carbons (Fsp3) is 0.286. The summed E-state index contributed by atoms with van der Waals surface area (Å²) in [5.41, 5.74) is 3.71. The summed E-state index contributed by atoms with van der Waals surface area (Å²) in [4.78, 5) is 9.94. The first-order chi connectivity index (χ1) is 9.70. The molecular formula is C14H14ClN3OS. The maximum Gasteiger partial charge on any atom is 0.146 e. The van der Waals surface area contributed by atoms with Crippen molar-refractivity contribution in [2.75, 3.05) is 7.11 Å². The zero-order chi connectivity index (χ0) is 14.1. The van der Waals surface area contributed by atoms with Crippen molar-refractivity contribution in [2.24, 2.45) is 0 Å². The van der Waals surface area contributed by atoms with E-state index in [1.54, 1.807) is 18.4 Å². The molecule has 0 saturated carbocycles. The van der Waals surface area contributed by atoms with Gasteiger partial charge in [-0.1, -0.05) is 6.07 Å². The van der Waals surface area contributed by atoms with Crippen LogP contribution < -0.4 is 4.74 Å². The zero-order valence-corrected chi connectivity index (χ0v) is 12.8. The number of fused-ring (bicyclic) bond motifs is 1. The number of hydrogen-bond acceptors (Lipinski definition) is 4. The minimum absolute atomic E-state index is 0.167. The van der Waals surface area contributed by atoms with Gasteiger partial charge in [0.15, 0.2) is 0 Å². The van der Waals surface area contributed by atoms with Gasteiger partial charge >= 0.3 is 0 Å². The van der Waals surface area contributed by atoms with E-state index in [0.717, 1.165) is 29.2 Å². The van der Waals surface area contributed by atoms with Gasteiger partial charge in [-0.15, -0.1) is 22.9 Å². The van der Waals surface area contributed by atoms with E-state index in [0.29, 0.717) is 0 Å². The Morgan fingerprint density at radius 3 is 2.95 bits per heavy atom. The normalized spacial score (nSPS) is 12.8. The lowest BCUT2D eigenvalue weighted by Crippen LogP contribution is -2.04. The number of nitrogens with zero attached hydrogens (tertiary/aromatic N) is 3. The van der Waals surface area contributed by atoms with Crippen molar-refractivity contribution < 1.29 is 4.74 Å². The number of ether oxygens (including phenoxy) is 1. The smallest absolute Gasteiger partial charge is 0.146 e. The second kappa shape index (κ2) is 5.42. The summed E-state index contributed by atoms with van der Waals surface area (Å²) >= 11 is 7.91.